The normalized spacial score (nSPS) is 12.4. The molecule has 1 unspecified atom stereocenters. The van der Waals surface area contributed by atoms with E-state index < -0.39 is 0 Å². The molecule has 2 aromatic rings. The van der Waals surface area contributed by atoms with Gasteiger partial charge in [0.1, 0.15) is 0 Å². The van der Waals surface area contributed by atoms with Gasteiger partial charge >= 0.3 is 0 Å². The number of halogens is 2. The number of alkyl halides is 1. The Kier molecular flexibility index (Phi) is 5.45. The molecule has 106 valence electrons. The summed E-state index contributed by atoms with van der Waals surface area (Å²) in [6, 6.07) is 13.2. The summed E-state index contributed by atoms with van der Waals surface area (Å²) in [7, 11) is 0. The van der Waals surface area contributed by atoms with Crippen LogP contribution in [0.15, 0.2) is 40.9 Å². The maximum absolute atomic E-state index is 3.68. The molecule has 0 bridgehead atoms. The van der Waals surface area contributed by atoms with E-state index in [0.29, 0.717) is 5.92 Å². The van der Waals surface area contributed by atoms with E-state index in [-0.39, 0.29) is 0 Å². The van der Waals surface area contributed by atoms with Gasteiger partial charge in [-0.15, -0.1) is 0 Å². The Morgan fingerprint density at radius 2 is 1.65 bits per heavy atom. The lowest BCUT2D eigenvalue weighted by atomic mass is 9.88. The second kappa shape index (κ2) is 6.91. The van der Waals surface area contributed by atoms with E-state index in [0.717, 1.165) is 16.2 Å². The molecule has 0 saturated heterocycles. The van der Waals surface area contributed by atoms with Crippen LogP contribution in [0.5, 0.6) is 0 Å². The van der Waals surface area contributed by atoms with Crippen LogP contribution in [0.1, 0.15) is 33.7 Å². The van der Waals surface area contributed by atoms with Crippen molar-refractivity contribution in [2.45, 2.75) is 33.1 Å². The average Bonchev–Trinajstić information content (AvgIpc) is 2.38. The van der Waals surface area contributed by atoms with Crippen molar-refractivity contribution in [1.82, 2.24) is 0 Å². The summed E-state index contributed by atoms with van der Waals surface area (Å²) in [5.41, 5.74) is 7.03. The molecule has 0 radical (unpaired) electrons. The molecule has 0 aliphatic heterocycles. The van der Waals surface area contributed by atoms with Gasteiger partial charge in [0, 0.05) is 9.80 Å². The minimum atomic E-state index is 0.507. The minimum absolute atomic E-state index is 0.507. The fourth-order valence-electron chi connectivity index (χ4n) is 2.80. The predicted molar refractivity (Wildman–Crippen MR) is 95.0 cm³/mol. The lowest BCUT2D eigenvalue weighted by Crippen LogP contribution is -2.07. The van der Waals surface area contributed by atoms with Crippen molar-refractivity contribution < 1.29 is 0 Å². The average molecular weight is 396 g/mol. The standard InChI is InChI=1S/C18H20Br2/c1-12-7-13(2)18(14(3)8-12)10-16(11-19)15-5-4-6-17(20)9-15/h4-9,16H,10-11H2,1-3H3. The molecule has 1 atom stereocenters. The van der Waals surface area contributed by atoms with E-state index in [9.17, 15) is 0 Å². The summed E-state index contributed by atoms with van der Waals surface area (Å²) >= 11 is 7.25. The van der Waals surface area contributed by atoms with E-state index in [1.165, 1.54) is 27.8 Å². The molecule has 0 fully saturated rings. The molecule has 0 nitrogen and oxygen atoms in total. The number of hydrogen-bond donors (Lipinski definition) is 0. The summed E-state index contributed by atoms with van der Waals surface area (Å²) < 4.78 is 1.15. The monoisotopic (exact) mass is 394 g/mol. The van der Waals surface area contributed by atoms with Crippen LogP contribution >= 0.6 is 31.9 Å². The summed E-state index contributed by atoms with van der Waals surface area (Å²) in [6.07, 6.45) is 1.08. The zero-order valence-corrected chi connectivity index (χ0v) is 15.4. The highest BCUT2D eigenvalue weighted by atomic mass is 79.9. The van der Waals surface area contributed by atoms with Gasteiger partial charge in [0.05, 0.1) is 0 Å². The molecule has 0 heterocycles. The molecular formula is C18H20Br2. The maximum Gasteiger partial charge on any atom is 0.0178 e. The van der Waals surface area contributed by atoms with E-state index in [1.807, 2.05) is 0 Å². The van der Waals surface area contributed by atoms with Crippen LogP contribution in [-0.2, 0) is 6.42 Å². The van der Waals surface area contributed by atoms with Crippen molar-refractivity contribution in [3.05, 3.63) is 68.7 Å². The fourth-order valence-corrected chi connectivity index (χ4v) is 3.82. The number of benzene rings is 2. The zero-order valence-electron chi connectivity index (χ0n) is 12.2. The van der Waals surface area contributed by atoms with Gasteiger partial charge in [-0.05, 0) is 67.5 Å². The highest BCUT2D eigenvalue weighted by Gasteiger charge is 2.14. The first-order valence-corrected chi connectivity index (χ1v) is 8.81. The van der Waals surface area contributed by atoms with Crippen molar-refractivity contribution in [3.8, 4) is 0 Å². The highest BCUT2D eigenvalue weighted by molar-refractivity contribution is 9.10. The van der Waals surface area contributed by atoms with Crippen LogP contribution in [0.3, 0.4) is 0 Å². The molecule has 0 aromatic heterocycles. The lowest BCUT2D eigenvalue weighted by molar-refractivity contribution is 0.766. The minimum Gasteiger partial charge on any atom is -0.0921 e. The Morgan fingerprint density at radius 1 is 1.00 bits per heavy atom. The molecule has 2 heteroatoms. The molecule has 0 saturated carbocycles. The van der Waals surface area contributed by atoms with Crippen molar-refractivity contribution in [2.75, 3.05) is 5.33 Å². The van der Waals surface area contributed by atoms with Crippen LogP contribution in [-0.4, -0.2) is 5.33 Å². The van der Waals surface area contributed by atoms with Gasteiger partial charge in [0.15, 0.2) is 0 Å². The molecule has 2 rings (SSSR count). The van der Waals surface area contributed by atoms with Gasteiger partial charge in [0.2, 0.25) is 0 Å². The smallest absolute Gasteiger partial charge is 0.0178 e. The molecule has 0 N–H and O–H groups in total. The largest absolute Gasteiger partial charge is 0.0921 e. The molecule has 2 aromatic carbocycles. The number of rotatable bonds is 4. The second-order valence-corrected chi connectivity index (χ2v) is 7.05. The van der Waals surface area contributed by atoms with Crippen molar-refractivity contribution in [3.63, 3.8) is 0 Å². The van der Waals surface area contributed by atoms with Crippen LogP contribution in [0, 0.1) is 20.8 Å². The molecular weight excluding hydrogens is 376 g/mol. The van der Waals surface area contributed by atoms with Gasteiger partial charge in [0.25, 0.3) is 0 Å². The van der Waals surface area contributed by atoms with Crippen LogP contribution in [0.2, 0.25) is 0 Å². The second-order valence-electron chi connectivity index (χ2n) is 5.49. The first kappa shape index (κ1) is 15.8. The third kappa shape index (κ3) is 3.73. The first-order chi connectivity index (χ1) is 9.51. The molecule has 0 spiro atoms. The van der Waals surface area contributed by atoms with Crippen molar-refractivity contribution in [2.24, 2.45) is 0 Å². The van der Waals surface area contributed by atoms with Gasteiger partial charge in [-0.25, -0.2) is 0 Å². The first-order valence-electron chi connectivity index (χ1n) is 6.89. The summed E-state index contributed by atoms with van der Waals surface area (Å²) in [4.78, 5) is 0. The van der Waals surface area contributed by atoms with Crippen molar-refractivity contribution in [1.29, 1.82) is 0 Å². The summed E-state index contributed by atoms with van der Waals surface area (Å²) in [5, 5.41) is 0.982. The molecule has 0 amide bonds. The van der Waals surface area contributed by atoms with Gasteiger partial charge < -0.3 is 0 Å². The lowest BCUT2D eigenvalue weighted by Gasteiger charge is -2.19. The van der Waals surface area contributed by atoms with Gasteiger partial charge in [-0.3, -0.25) is 0 Å². The van der Waals surface area contributed by atoms with Crippen molar-refractivity contribution >= 4 is 31.9 Å². The Hall–Kier alpha value is -0.600. The SMILES string of the molecule is Cc1cc(C)c(CC(CBr)c2cccc(Br)c2)c(C)c1. The van der Waals surface area contributed by atoms with Crippen LogP contribution in [0.4, 0.5) is 0 Å². The predicted octanol–water partition coefficient (Wildman–Crippen LogP) is 6.10. The Balaban J connectivity index is 2.32. The molecule has 0 aliphatic carbocycles. The third-order valence-electron chi connectivity index (χ3n) is 3.80. The van der Waals surface area contributed by atoms with Crippen LogP contribution in [0.25, 0.3) is 0 Å². The third-order valence-corrected chi connectivity index (χ3v) is 5.07. The Labute approximate surface area is 138 Å². The number of hydrogen-bond acceptors (Lipinski definition) is 0. The molecule has 20 heavy (non-hydrogen) atoms. The number of aryl methyl sites for hydroxylation is 3. The van der Waals surface area contributed by atoms with E-state index in [4.69, 9.17) is 0 Å². The zero-order chi connectivity index (χ0) is 14.7. The maximum atomic E-state index is 3.68. The van der Waals surface area contributed by atoms with E-state index in [2.05, 4.69) is 89.0 Å². The summed E-state index contributed by atoms with van der Waals surface area (Å²) in [6.45, 7) is 6.61. The van der Waals surface area contributed by atoms with E-state index >= 15 is 0 Å². The molecule has 0 aliphatic rings. The summed E-state index contributed by atoms with van der Waals surface area (Å²) in [5.74, 6) is 0.507. The fraction of sp³-hybridized carbons (Fsp3) is 0.333. The highest BCUT2D eigenvalue weighted by Crippen LogP contribution is 2.28. The topological polar surface area (TPSA) is 0 Å². The quantitative estimate of drug-likeness (QED) is 0.549. The Morgan fingerprint density at radius 3 is 2.20 bits per heavy atom. The Bertz CT molecular complexity index is 579. The van der Waals surface area contributed by atoms with Crippen LogP contribution < -0.4 is 0 Å². The van der Waals surface area contributed by atoms with Gasteiger partial charge in [-0.1, -0.05) is 61.7 Å². The van der Waals surface area contributed by atoms with Gasteiger partial charge in [-0.2, -0.15) is 0 Å². The van der Waals surface area contributed by atoms with E-state index in [1.54, 1.807) is 0 Å².